The van der Waals surface area contributed by atoms with Crippen molar-refractivity contribution >= 4 is 5.97 Å². The Balaban J connectivity index is 2.78. The summed E-state index contributed by atoms with van der Waals surface area (Å²) in [7, 11) is 0. The van der Waals surface area contributed by atoms with Crippen LogP contribution in [0.5, 0.6) is 0 Å². The van der Waals surface area contributed by atoms with Crippen LogP contribution in [0.1, 0.15) is 57.3 Å². The van der Waals surface area contributed by atoms with Crippen LogP contribution in [0.15, 0.2) is 24.3 Å². The summed E-state index contributed by atoms with van der Waals surface area (Å²) in [5.74, 6) is -1.05. The first kappa shape index (κ1) is 16.7. The molecule has 3 heteroatoms. The second-order valence-corrected chi connectivity index (χ2v) is 5.87. The second kappa shape index (κ2) is 8.05. The van der Waals surface area contributed by atoms with Gasteiger partial charge in [-0.2, -0.15) is 0 Å². The summed E-state index contributed by atoms with van der Waals surface area (Å²) in [6, 6.07) is 7.67. The highest BCUT2D eigenvalue weighted by molar-refractivity contribution is 5.71. The molecular weight excluding hydrogens is 252 g/mol. The van der Waals surface area contributed by atoms with Crippen LogP contribution in [0.2, 0.25) is 0 Å². The maximum absolute atomic E-state index is 11.3. The molecule has 0 fully saturated rings. The van der Waals surface area contributed by atoms with E-state index in [9.17, 15) is 15.0 Å². The maximum atomic E-state index is 11.3. The Morgan fingerprint density at radius 2 is 1.80 bits per heavy atom. The molecule has 1 aromatic carbocycles. The minimum Gasteiger partial charge on any atom is -0.481 e. The van der Waals surface area contributed by atoms with Crippen LogP contribution in [-0.2, 0) is 11.2 Å². The number of aliphatic hydroxyl groups excluding tert-OH is 1. The van der Waals surface area contributed by atoms with Gasteiger partial charge in [0.05, 0.1) is 12.0 Å². The number of benzene rings is 1. The van der Waals surface area contributed by atoms with E-state index in [2.05, 4.69) is 13.8 Å². The SMILES string of the molecule is CCCCC(C(=O)O)C(O)c1ccc(CC(C)C)cc1. The minimum atomic E-state index is -0.924. The molecule has 0 amide bonds. The van der Waals surface area contributed by atoms with Crippen LogP contribution in [0, 0.1) is 11.8 Å². The summed E-state index contributed by atoms with van der Waals surface area (Å²) in [6.45, 7) is 6.34. The van der Waals surface area contributed by atoms with Gasteiger partial charge < -0.3 is 10.2 Å². The fourth-order valence-corrected chi connectivity index (χ4v) is 2.40. The van der Waals surface area contributed by atoms with Crippen molar-refractivity contribution < 1.29 is 15.0 Å². The van der Waals surface area contributed by atoms with Crippen molar-refractivity contribution in [3.8, 4) is 0 Å². The normalized spacial score (nSPS) is 14.2. The fraction of sp³-hybridized carbons (Fsp3) is 0.588. The lowest BCUT2D eigenvalue weighted by molar-refractivity contribution is -0.146. The number of unbranched alkanes of at least 4 members (excludes halogenated alkanes) is 1. The molecule has 3 nitrogen and oxygen atoms in total. The van der Waals surface area contributed by atoms with Crippen LogP contribution < -0.4 is 0 Å². The van der Waals surface area contributed by atoms with Crippen LogP contribution in [0.3, 0.4) is 0 Å². The molecule has 0 radical (unpaired) electrons. The van der Waals surface area contributed by atoms with Gasteiger partial charge in [-0.3, -0.25) is 4.79 Å². The molecule has 112 valence electrons. The molecular formula is C17H26O3. The van der Waals surface area contributed by atoms with E-state index in [-0.39, 0.29) is 0 Å². The van der Waals surface area contributed by atoms with Crippen LogP contribution in [0.4, 0.5) is 0 Å². The largest absolute Gasteiger partial charge is 0.481 e. The van der Waals surface area contributed by atoms with E-state index < -0.39 is 18.0 Å². The van der Waals surface area contributed by atoms with Crippen molar-refractivity contribution in [3.05, 3.63) is 35.4 Å². The average molecular weight is 278 g/mol. The van der Waals surface area contributed by atoms with Gasteiger partial charge >= 0.3 is 5.97 Å². The molecule has 0 saturated heterocycles. The summed E-state index contributed by atoms with van der Waals surface area (Å²) in [6.07, 6.45) is 2.34. The summed E-state index contributed by atoms with van der Waals surface area (Å²) in [5.41, 5.74) is 1.91. The number of rotatable bonds is 8. The van der Waals surface area contributed by atoms with Gasteiger partial charge in [0, 0.05) is 0 Å². The quantitative estimate of drug-likeness (QED) is 0.760. The second-order valence-electron chi connectivity index (χ2n) is 5.87. The molecule has 2 N–H and O–H groups in total. The predicted octanol–water partition coefficient (Wildman–Crippen LogP) is 3.81. The Hall–Kier alpha value is -1.35. The highest BCUT2D eigenvalue weighted by Crippen LogP contribution is 2.27. The number of aliphatic carboxylic acids is 1. The number of carboxylic acids is 1. The van der Waals surface area contributed by atoms with Gasteiger partial charge in [0.15, 0.2) is 0 Å². The molecule has 2 atom stereocenters. The molecule has 20 heavy (non-hydrogen) atoms. The molecule has 0 aromatic heterocycles. The monoisotopic (exact) mass is 278 g/mol. The topological polar surface area (TPSA) is 57.5 Å². The minimum absolute atomic E-state index is 0.515. The van der Waals surface area contributed by atoms with E-state index in [1.165, 1.54) is 5.56 Å². The lowest BCUT2D eigenvalue weighted by atomic mass is 9.90. The molecule has 0 spiro atoms. The molecule has 1 aromatic rings. The van der Waals surface area contributed by atoms with Gasteiger partial charge in [-0.1, -0.05) is 57.9 Å². The fourth-order valence-electron chi connectivity index (χ4n) is 2.40. The number of hydrogen-bond acceptors (Lipinski definition) is 2. The van der Waals surface area contributed by atoms with Crippen molar-refractivity contribution in [2.45, 2.75) is 52.6 Å². The van der Waals surface area contributed by atoms with E-state index in [0.717, 1.165) is 19.3 Å². The first-order valence-electron chi connectivity index (χ1n) is 7.45. The van der Waals surface area contributed by atoms with Crippen molar-refractivity contribution in [3.63, 3.8) is 0 Å². The molecule has 0 aliphatic rings. The number of carboxylic acid groups (broad SMARTS) is 1. The lowest BCUT2D eigenvalue weighted by Crippen LogP contribution is -2.22. The maximum Gasteiger partial charge on any atom is 0.309 e. The number of hydrogen-bond donors (Lipinski definition) is 2. The predicted molar refractivity (Wildman–Crippen MR) is 80.6 cm³/mol. The summed E-state index contributed by atoms with van der Waals surface area (Å²) >= 11 is 0. The Morgan fingerprint density at radius 3 is 2.25 bits per heavy atom. The Morgan fingerprint density at radius 1 is 1.20 bits per heavy atom. The van der Waals surface area contributed by atoms with Gasteiger partial charge in [0.25, 0.3) is 0 Å². The van der Waals surface area contributed by atoms with Gasteiger partial charge in [-0.05, 0) is 29.9 Å². The standard InChI is InChI=1S/C17H26O3/c1-4-5-6-15(17(19)20)16(18)14-9-7-13(8-10-14)11-12(2)3/h7-10,12,15-16,18H,4-6,11H2,1-3H3,(H,19,20). The molecule has 1 rings (SSSR count). The van der Waals surface area contributed by atoms with Gasteiger partial charge in [-0.25, -0.2) is 0 Å². The van der Waals surface area contributed by atoms with E-state index in [1.807, 2.05) is 31.2 Å². The first-order chi connectivity index (χ1) is 9.45. The van der Waals surface area contributed by atoms with Gasteiger partial charge in [-0.15, -0.1) is 0 Å². The number of carbonyl (C=O) groups is 1. The van der Waals surface area contributed by atoms with E-state index >= 15 is 0 Å². The molecule has 0 heterocycles. The third-order valence-corrected chi connectivity index (χ3v) is 3.53. The first-order valence-corrected chi connectivity index (χ1v) is 7.45. The van der Waals surface area contributed by atoms with Gasteiger partial charge in [0.1, 0.15) is 0 Å². The van der Waals surface area contributed by atoms with E-state index in [1.54, 1.807) is 0 Å². The molecule has 0 bridgehead atoms. The van der Waals surface area contributed by atoms with Crippen LogP contribution in [-0.4, -0.2) is 16.2 Å². The number of aliphatic hydroxyl groups is 1. The van der Waals surface area contributed by atoms with Crippen molar-refractivity contribution in [2.24, 2.45) is 11.8 Å². The third kappa shape index (κ3) is 4.97. The molecule has 0 aliphatic carbocycles. The zero-order valence-electron chi connectivity index (χ0n) is 12.7. The zero-order chi connectivity index (χ0) is 15.1. The highest BCUT2D eigenvalue weighted by Gasteiger charge is 2.27. The van der Waals surface area contributed by atoms with E-state index in [4.69, 9.17) is 0 Å². The van der Waals surface area contributed by atoms with Crippen molar-refractivity contribution in [2.75, 3.05) is 0 Å². The van der Waals surface area contributed by atoms with Crippen LogP contribution >= 0.6 is 0 Å². The molecule has 0 saturated carbocycles. The molecule has 2 unspecified atom stereocenters. The molecule has 0 aliphatic heterocycles. The lowest BCUT2D eigenvalue weighted by Gasteiger charge is -2.19. The Bertz CT molecular complexity index is 409. The third-order valence-electron chi connectivity index (χ3n) is 3.53. The Labute approximate surface area is 121 Å². The summed E-state index contributed by atoms with van der Waals surface area (Å²) in [5, 5.41) is 19.5. The zero-order valence-corrected chi connectivity index (χ0v) is 12.7. The van der Waals surface area contributed by atoms with Crippen LogP contribution in [0.25, 0.3) is 0 Å². The Kier molecular flexibility index (Phi) is 6.73. The smallest absolute Gasteiger partial charge is 0.309 e. The summed E-state index contributed by atoms with van der Waals surface area (Å²) < 4.78 is 0. The van der Waals surface area contributed by atoms with Gasteiger partial charge in [0.2, 0.25) is 0 Å². The van der Waals surface area contributed by atoms with E-state index in [0.29, 0.717) is 17.9 Å². The highest BCUT2D eigenvalue weighted by atomic mass is 16.4. The van der Waals surface area contributed by atoms with Crippen molar-refractivity contribution in [1.29, 1.82) is 0 Å². The average Bonchev–Trinajstić information content (AvgIpc) is 2.38. The summed E-state index contributed by atoms with van der Waals surface area (Å²) in [4.78, 5) is 11.3. The van der Waals surface area contributed by atoms with Crippen molar-refractivity contribution in [1.82, 2.24) is 0 Å².